The van der Waals surface area contributed by atoms with E-state index >= 15 is 0 Å². The molecule has 1 aromatic rings. The van der Waals surface area contributed by atoms with Crippen LogP contribution in [0.2, 0.25) is 0 Å². The molecule has 2 rings (SSSR count). The summed E-state index contributed by atoms with van der Waals surface area (Å²) in [4.78, 5) is 14.5. The molecule has 21 heavy (non-hydrogen) atoms. The maximum atomic E-state index is 12.7. The van der Waals surface area contributed by atoms with Crippen LogP contribution in [0.4, 0.5) is 0 Å². The zero-order valence-corrected chi connectivity index (χ0v) is 12.9. The van der Waals surface area contributed by atoms with Crippen molar-refractivity contribution in [2.45, 2.75) is 13.0 Å². The van der Waals surface area contributed by atoms with E-state index in [-0.39, 0.29) is 11.9 Å². The van der Waals surface area contributed by atoms with Crippen LogP contribution in [0.25, 0.3) is 0 Å². The van der Waals surface area contributed by atoms with Gasteiger partial charge in [0, 0.05) is 37.8 Å². The van der Waals surface area contributed by atoms with Gasteiger partial charge in [-0.2, -0.15) is 0 Å². The number of methoxy groups -OCH3 is 3. The Morgan fingerprint density at radius 2 is 1.76 bits per heavy atom. The summed E-state index contributed by atoms with van der Waals surface area (Å²) in [5, 5.41) is 3.32. The first-order valence-electron chi connectivity index (χ1n) is 6.93. The highest BCUT2D eigenvalue weighted by Gasteiger charge is 2.25. The Balaban J connectivity index is 2.34. The minimum atomic E-state index is -0.0545. The Labute approximate surface area is 125 Å². The molecule has 0 spiro atoms. The maximum Gasteiger partial charge on any atom is 0.257 e. The molecule has 1 atom stereocenters. The second-order valence-corrected chi connectivity index (χ2v) is 5.01. The van der Waals surface area contributed by atoms with Crippen molar-refractivity contribution in [2.24, 2.45) is 0 Å². The van der Waals surface area contributed by atoms with Crippen LogP contribution in [0, 0.1) is 0 Å². The van der Waals surface area contributed by atoms with Gasteiger partial charge in [0.05, 0.1) is 26.9 Å². The van der Waals surface area contributed by atoms with E-state index in [1.165, 1.54) is 0 Å². The van der Waals surface area contributed by atoms with E-state index < -0.39 is 0 Å². The predicted octanol–water partition coefficient (Wildman–Crippen LogP) is 1.15. The fraction of sp³-hybridized carbons (Fsp3) is 0.533. The number of carbonyl (C=O) groups is 1. The van der Waals surface area contributed by atoms with Crippen molar-refractivity contribution >= 4 is 5.91 Å². The van der Waals surface area contributed by atoms with Gasteiger partial charge < -0.3 is 24.4 Å². The van der Waals surface area contributed by atoms with Crippen molar-refractivity contribution in [1.29, 1.82) is 0 Å². The maximum absolute atomic E-state index is 12.7. The summed E-state index contributed by atoms with van der Waals surface area (Å²) in [6.45, 7) is 4.21. The monoisotopic (exact) mass is 294 g/mol. The van der Waals surface area contributed by atoms with Gasteiger partial charge >= 0.3 is 0 Å². The first-order chi connectivity index (χ1) is 10.1. The lowest BCUT2D eigenvalue weighted by atomic mass is 10.1. The number of benzene rings is 1. The van der Waals surface area contributed by atoms with Gasteiger partial charge in [0.25, 0.3) is 5.91 Å². The molecule has 1 fully saturated rings. The third-order valence-electron chi connectivity index (χ3n) is 3.59. The quantitative estimate of drug-likeness (QED) is 0.902. The number of nitrogens with one attached hydrogen (secondary N) is 1. The average Bonchev–Trinajstić information content (AvgIpc) is 2.52. The molecular weight excluding hydrogens is 272 g/mol. The fourth-order valence-corrected chi connectivity index (χ4v) is 2.48. The van der Waals surface area contributed by atoms with Crippen LogP contribution < -0.4 is 19.5 Å². The third-order valence-corrected chi connectivity index (χ3v) is 3.59. The molecule has 0 radical (unpaired) electrons. The molecule has 116 valence electrons. The Hall–Kier alpha value is -1.95. The number of nitrogens with zero attached hydrogens (tertiary/aromatic N) is 1. The van der Waals surface area contributed by atoms with Gasteiger partial charge in [-0.25, -0.2) is 0 Å². The molecule has 1 aromatic carbocycles. The van der Waals surface area contributed by atoms with Crippen LogP contribution in [0.5, 0.6) is 17.2 Å². The second kappa shape index (κ2) is 6.67. The largest absolute Gasteiger partial charge is 0.496 e. The molecule has 0 bridgehead atoms. The highest BCUT2D eigenvalue weighted by Crippen LogP contribution is 2.35. The summed E-state index contributed by atoms with van der Waals surface area (Å²) in [5.74, 6) is 1.49. The SMILES string of the molecule is COc1cc(OC)c(C(=O)N2CCN[C@H](C)C2)cc1OC. The molecule has 1 aliphatic rings. The number of carbonyl (C=O) groups excluding carboxylic acids is 1. The first kappa shape index (κ1) is 15.4. The second-order valence-electron chi connectivity index (χ2n) is 5.01. The Kier molecular flexibility index (Phi) is 4.90. The molecule has 1 N–H and O–H groups in total. The Bertz CT molecular complexity index is 519. The highest BCUT2D eigenvalue weighted by atomic mass is 16.5. The minimum absolute atomic E-state index is 0.0545. The highest BCUT2D eigenvalue weighted by molar-refractivity contribution is 5.98. The first-order valence-corrected chi connectivity index (χ1v) is 6.93. The van der Waals surface area contributed by atoms with Crippen LogP contribution in [-0.4, -0.2) is 57.8 Å². The average molecular weight is 294 g/mol. The van der Waals surface area contributed by atoms with E-state index in [9.17, 15) is 4.79 Å². The van der Waals surface area contributed by atoms with Gasteiger partial charge in [0.1, 0.15) is 5.75 Å². The number of ether oxygens (including phenoxy) is 3. The molecule has 1 amide bonds. The third kappa shape index (κ3) is 3.21. The number of amides is 1. The smallest absolute Gasteiger partial charge is 0.257 e. The van der Waals surface area contributed by atoms with Crippen molar-refractivity contribution in [3.05, 3.63) is 17.7 Å². The van der Waals surface area contributed by atoms with E-state index in [0.29, 0.717) is 35.9 Å². The van der Waals surface area contributed by atoms with Crippen LogP contribution in [0.3, 0.4) is 0 Å². The zero-order valence-electron chi connectivity index (χ0n) is 12.9. The van der Waals surface area contributed by atoms with E-state index in [2.05, 4.69) is 12.2 Å². The lowest BCUT2D eigenvalue weighted by Gasteiger charge is -2.32. The zero-order chi connectivity index (χ0) is 15.4. The van der Waals surface area contributed by atoms with Gasteiger partial charge in [-0.1, -0.05) is 0 Å². The van der Waals surface area contributed by atoms with Gasteiger partial charge in [0.2, 0.25) is 0 Å². The van der Waals surface area contributed by atoms with E-state index in [0.717, 1.165) is 6.54 Å². The summed E-state index contributed by atoms with van der Waals surface area (Å²) >= 11 is 0. The normalized spacial score (nSPS) is 18.3. The summed E-state index contributed by atoms with van der Waals surface area (Å²) < 4.78 is 15.8. The van der Waals surface area contributed by atoms with Crippen molar-refractivity contribution < 1.29 is 19.0 Å². The van der Waals surface area contributed by atoms with E-state index in [1.807, 2.05) is 4.90 Å². The number of hydrogen-bond acceptors (Lipinski definition) is 5. The molecule has 0 unspecified atom stereocenters. The lowest BCUT2D eigenvalue weighted by molar-refractivity contribution is 0.0705. The van der Waals surface area contributed by atoms with E-state index in [4.69, 9.17) is 14.2 Å². The molecular formula is C15H22N2O4. The molecule has 0 aliphatic carbocycles. The van der Waals surface area contributed by atoms with Crippen molar-refractivity contribution in [1.82, 2.24) is 10.2 Å². The lowest BCUT2D eigenvalue weighted by Crippen LogP contribution is -2.51. The molecule has 1 aliphatic heterocycles. The van der Waals surface area contributed by atoms with Gasteiger partial charge in [0.15, 0.2) is 11.5 Å². The van der Waals surface area contributed by atoms with Gasteiger partial charge in [-0.15, -0.1) is 0 Å². The number of piperazine rings is 1. The van der Waals surface area contributed by atoms with Crippen LogP contribution >= 0.6 is 0 Å². The molecule has 1 saturated heterocycles. The van der Waals surface area contributed by atoms with Crippen LogP contribution in [-0.2, 0) is 0 Å². The summed E-state index contributed by atoms with van der Waals surface area (Å²) in [6, 6.07) is 3.64. The van der Waals surface area contributed by atoms with Crippen molar-refractivity contribution in [3.63, 3.8) is 0 Å². The number of hydrogen-bond donors (Lipinski definition) is 1. The van der Waals surface area contributed by atoms with Crippen LogP contribution in [0.1, 0.15) is 17.3 Å². The summed E-state index contributed by atoms with van der Waals surface area (Å²) in [5.41, 5.74) is 0.490. The predicted molar refractivity (Wildman–Crippen MR) is 79.5 cm³/mol. The molecule has 6 heteroatoms. The molecule has 1 heterocycles. The Morgan fingerprint density at radius 3 is 2.33 bits per heavy atom. The van der Waals surface area contributed by atoms with Crippen LogP contribution in [0.15, 0.2) is 12.1 Å². The molecule has 0 saturated carbocycles. The topological polar surface area (TPSA) is 60.0 Å². The van der Waals surface area contributed by atoms with E-state index in [1.54, 1.807) is 33.5 Å². The van der Waals surface area contributed by atoms with Gasteiger partial charge in [-0.05, 0) is 6.92 Å². The molecule has 6 nitrogen and oxygen atoms in total. The number of rotatable bonds is 4. The standard InChI is InChI=1S/C15H22N2O4/c1-10-9-17(6-5-16-10)15(18)11-7-13(20-3)14(21-4)8-12(11)19-2/h7-8,10,16H,5-6,9H2,1-4H3/t10-/m1/s1. The minimum Gasteiger partial charge on any atom is -0.496 e. The van der Waals surface area contributed by atoms with Crippen molar-refractivity contribution in [2.75, 3.05) is 41.0 Å². The Morgan fingerprint density at radius 1 is 1.14 bits per heavy atom. The summed E-state index contributed by atoms with van der Waals surface area (Å²) in [7, 11) is 4.64. The van der Waals surface area contributed by atoms with Gasteiger partial charge in [-0.3, -0.25) is 4.79 Å². The molecule has 0 aromatic heterocycles. The fourth-order valence-electron chi connectivity index (χ4n) is 2.48. The van der Waals surface area contributed by atoms with Crippen molar-refractivity contribution in [3.8, 4) is 17.2 Å². The summed E-state index contributed by atoms with van der Waals surface area (Å²) in [6.07, 6.45) is 0.